The number of rotatable bonds is 5. The number of piperidine rings is 1. The molecule has 2 saturated carbocycles. The van der Waals surface area contributed by atoms with Crippen molar-refractivity contribution in [2.75, 3.05) is 26.2 Å². The van der Waals surface area contributed by atoms with Crippen molar-refractivity contribution in [2.45, 2.75) is 63.0 Å². The topological polar surface area (TPSA) is 35.5 Å². The first-order chi connectivity index (χ1) is 8.73. The first kappa shape index (κ1) is 12.9. The van der Waals surface area contributed by atoms with Crippen molar-refractivity contribution in [1.82, 2.24) is 10.2 Å². The van der Waals surface area contributed by atoms with E-state index in [9.17, 15) is 5.11 Å². The van der Waals surface area contributed by atoms with Gasteiger partial charge in [-0.2, -0.15) is 0 Å². The van der Waals surface area contributed by atoms with Crippen LogP contribution in [0.25, 0.3) is 0 Å². The largest absolute Gasteiger partial charge is 0.389 e. The van der Waals surface area contributed by atoms with Crippen LogP contribution in [0.3, 0.4) is 0 Å². The summed E-state index contributed by atoms with van der Waals surface area (Å²) < 4.78 is 0. The van der Waals surface area contributed by atoms with E-state index in [1.807, 2.05) is 0 Å². The summed E-state index contributed by atoms with van der Waals surface area (Å²) in [7, 11) is 0. The molecule has 3 rings (SSSR count). The average Bonchev–Trinajstić information content (AvgIpc) is 3.11. The standard InChI is InChI=1S/C15H28N2O/c18-15(7-1-2-8-15)12-17-9-5-13(6-10-17)11-16-14-3-4-14/h13-14,16,18H,1-12H2. The highest BCUT2D eigenvalue weighted by Gasteiger charge is 2.34. The summed E-state index contributed by atoms with van der Waals surface area (Å²) in [6, 6.07) is 0.849. The normalized spacial score (nSPS) is 29.8. The maximum absolute atomic E-state index is 10.4. The summed E-state index contributed by atoms with van der Waals surface area (Å²) in [6.45, 7) is 4.54. The molecule has 0 amide bonds. The van der Waals surface area contributed by atoms with E-state index in [-0.39, 0.29) is 5.60 Å². The highest BCUT2D eigenvalue weighted by Crippen LogP contribution is 2.31. The van der Waals surface area contributed by atoms with E-state index in [4.69, 9.17) is 0 Å². The Morgan fingerprint density at radius 3 is 2.33 bits per heavy atom. The van der Waals surface area contributed by atoms with Gasteiger partial charge in [-0.25, -0.2) is 0 Å². The van der Waals surface area contributed by atoms with Gasteiger partial charge in [0.2, 0.25) is 0 Å². The maximum atomic E-state index is 10.4. The van der Waals surface area contributed by atoms with E-state index in [2.05, 4.69) is 10.2 Å². The molecule has 104 valence electrons. The molecule has 2 aliphatic carbocycles. The van der Waals surface area contributed by atoms with E-state index in [1.165, 1.54) is 58.2 Å². The second-order valence-corrected chi connectivity index (χ2v) is 6.83. The predicted molar refractivity (Wildman–Crippen MR) is 73.6 cm³/mol. The molecule has 3 heteroatoms. The third-order valence-corrected chi connectivity index (χ3v) is 5.03. The minimum absolute atomic E-state index is 0.348. The molecule has 1 heterocycles. The predicted octanol–water partition coefficient (Wildman–Crippen LogP) is 1.76. The molecule has 3 nitrogen and oxygen atoms in total. The zero-order chi connectivity index (χ0) is 12.4. The first-order valence-electron chi connectivity index (χ1n) is 7.92. The molecule has 0 spiro atoms. The Morgan fingerprint density at radius 2 is 1.72 bits per heavy atom. The summed E-state index contributed by atoms with van der Waals surface area (Å²) in [5.41, 5.74) is -0.348. The lowest BCUT2D eigenvalue weighted by Gasteiger charge is -2.36. The number of nitrogens with one attached hydrogen (secondary N) is 1. The molecule has 0 aromatic carbocycles. The number of β-amino-alcohol motifs (C(OH)–C–C–N with tert-alkyl or cyclic N) is 1. The van der Waals surface area contributed by atoms with E-state index >= 15 is 0 Å². The van der Waals surface area contributed by atoms with Crippen LogP contribution in [0.5, 0.6) is 0 Å². The monoisotopic (exact) mass is 252 g/mol. The van der Waals surface area contributed by atoms with Gasteiger partial charge >= 0.3 is 0 Å². The smallest absolute Gasteiger partial charge is 0.0774 e. The van der Waals surface area contributed by atoms with Gasteiger partial charge in [-0.15, -0.1) is 0 Å². The van der Waals surface area contributed by atoms with Crippen LogP contribution in [0, 0.1) is 5.92 Å². The summed E-state index contributed by atoms with van der Waals surface area (Å²) in [5, 5.41) is 14.1. The van der Waals surface area contributed by atoms with Crippen molar-refractivity contribution in [2.24, 2.45) is 5.92 Å². The minimum Gasteiger partial charge on any atom is -0.389 e. The van der Waals surface area contributed by atoms with Gasteiger partial charge < -0.3 is 15.3 Å². The highest BCUT2D eigenvalue weighted by atomic mass is 16.3. The van der Waals surface area contributed by atoms with Gasteiger partial charge in [0.05, 0.1) is 5.60 Å². The molecule has 0 atom stereocenters. The summed E-state index contributed by atoms with van der Waals surface area (Å²) in [5.74, 6) is 0.875. The van der Waals surface area contributed by atoms with Crippen molar-refractivity contribution >= 4 is 0 Å². The lowest BCUT2D eigenvalue weighted by Crippen LogP contribution is -2.45. The van der Waals surface area contributed by atoms with Crippen molar-refractivity contribution < 1.29 is 5.11 Å². The number of nitrogens with zero attached hydrogens (tertiary/aromatic N) is 1. The van der Waals surface area contributed by atoms with Crippen molar-refractivity contribution in [3.8, 4) is 0 Å². The molecule has 3 aliphatic rings. The SMILES string of the molecule is OC1(CN2CCC(CNC3CC3)CC2)CCCC1. The highest BCUT2D eigenvalue weighted by molar-refractivity contribution is 4.89. The fourth-order valence-electron chi connectivity index (χ4n) is 3.58. The van der Waals surface area contributed by atoms with E-state index in [0.717, 1.165) is 31.3 Å². The lowest BCUT2D eigenvalue weighted by atomic mass is 9.94. The number of likely N-dealkylation sites (tertiary alicyclic amines) is 1. The third kappa shape index (κ3) is 3.46. The van der Waals surface area contributed by atoms with Crippen LogP contribution in [-0.2, 0) is 0 Å². The summed E-state index contributed by atoms with van der Waals surface area (Å²) in [6.07, 6.45) is 9.91. The van der Waals surface area contributed by atoms with Crippen LogP contribution in [-0.4, -0.2) is 47.8 Å². The van der Waals surface area contributed by atoms with Crippen LogP contribution in [0.4, 0.5) is 0 Å². The Hall–Kier alpha value is -0.120. The van der Waals surface area contributed by atoms with E-state index < -0.39 is 0 Å². The number of hydrogen-bond donors (Lipinski definition) is 2. The quantitative estimate of drug-likeness (QED) is 0.782. The van der Waals surface area contributed by atoms with Crippen LogP contribution in [0.1, 0.15) is 51.4 Å². The molecule has 2 N–H and O–H groups in total. The molecule has 3 fully saturated rings. The Labute approximate surface area is 111 Å². The lowest BCUT2D eigenvalue weighted by molar-refractivity contribution is 0.000218. The number of hydrogen-bond acceptors (Lipinski definition) is 3. The fraction of sp³-hybridized carbons (Fsp3) is 1.00. The fourth-order valence-corrected chi connectivity index (χ4v) is 3.58. The molecule has 0 aromatic rings. The third-order valence-electron chi connectivity index (χ3n) is 5.03. The Morgan fingerprint density at radius 1 is 1.06 bits per heavy atom. The van der Waals surface area contributed by atoms with Gasteiger partial charge in [-0.1, -0.05) is 12.8 Å². The van der Waals surface area contributed by atoms with Gasteiger partial charge in [0.15, 0.2) is 0 Å². The van der Waals surface area contributed by atoms with Gasteiger partial charge in [0.25, 0.3) is 0 Å². The van der Waals surface area contributed by atoms with Crippen LogP contribution >= 0.6 is 0 Å². The summed E-state index contributed by atoms with van der Waals surface area (Å²) >= 11 is 0. The average molecular weight is 252 g/mol. The second-order valence-electron chi connectivity index (χ2n) is 6.83. The Balaban J connectivity index is 1.36. The van der Waals surface area contributed by atoms with E-state index in [1.54, 1.807) is 0 Å². The molecule has 0 radical (unpaired) electrons. The van der Waals surface area contributed by atoms with Gasteiger partial charge in [0.1, 0.15) is 0 Å². The van der Waals surface area contributed by atoms with Crippen molar-refractivity contribution in [3.63, 3.8) is 0 Å². The molecule has 1 aliphatic heterocycles. The maximum Gasteiger partial charge on any atom is 0.0774 e. The first-order valence-corrected chi connectivity index (χ1v) is 7.92. The van der Waals surface area contributed by atoms with E-state index in [0.29, 0.717) is 0 Å². The molecule has 0 unspecified atom stereocenters. The molecule has 0 aromatic heterocycles. The van der Waals surface area contributed by atoms with Crippen LogP contribution in [0.2, 0.25) is 0 Å². The molecule has 0 bridgehead atoms. The molecule has 1 saturated heterocycles. The number of aliphatic hydroxyl groups is 1. The Kier molecular flexibility index (Phi) is 3.92. The van der Waals surface area contributed by atoms with Crippen molar-refractivity contribution in [3.05, 3.63) is 0 Å². The van der Waals surface area contributed by atoms with Crippen LogP contribution in [0.15, 0.2) is 0 Å². The molecule has 18 heavy (non-hydrogen) atoms. The van der Waals surface area contributed by atoms with Gasteiger partial charge in [0, 0.05) is 12.6 Å². The zero-order valence-corrected chi connectivity index (χ0v) is 11.5. The zero-order valence-electron chi connectivity index (χ0n) is 11.5. The molecular formula is C15H28N2O. The van der Waals surface area contributed by atoms with Gasteiger partial charge in [-0.05, 0) is 64.1 Å². The van der Waals surface area contributed by atoms with Crippen LogP contribution < -0.4 is 5.32 Å². The second kappa shape index (κ2) is 5.48. The minimum atomic E-state index is -0.348. The Bertz CT molecular complexity index is 264. The van der Waals surface area contributed by atoms with Crippen molar-refractivity contribution in [1.29, 1.82) is 0 Å². The molecular weight excluding hydrogens is 224 g/mol. The summed E-state index contributed by atoms with van der Waals surface area (Å²) in [4.78, 5) is 2.50. The van der Waals surface area contributed by atoms with Gasteiger partial charge in [-0.3, -0.25) is 0 Å².